The van der Waals surface area contributed by atoms with Gasteiger partial charge in [-0.05, 0) is 34.0 Å². The predicted octanol–water partition coefficient (Wildman–Crippen LogP) is 2.89. The number of carbonyl (C=O) groups excluding carboxylic acids is 1. The van der Waals surface area contributed by atoms with Gasteiger partial charge in [0.15, 0.2) is 0 Å². The SMILES string of the molecule is O=CCCc1cccc(Br)c1OCF. The third-order valence-corrected chi connectivity index (χ3v) is 2.40. The summed E-state index contributed by atoms with van der Waals surface area (Å²) in [4.78, 5) is 10.2. The monoisotopic (exact) mass is 260 g/mol. The normalized spacial score (nSPS) is 9.86. The summed E-state index contributed by atoms with van der Waals surface area (Å²) in [7, 11) is 0. The molecule has 0 unspecified atom stereocenters. The average molecular weight is 261 g/mol. The van der Waals surface area contributed by atoms with Crippen molar-refractivity contribution in [2.45, 2.75) is 12.8 Å². The van der Waals surface area contributed by atoms with E-state index in [1.165, 1.54) is 0 Å². The number of para-hydroxylation sites is 1. The van der Waals surface area contributed by atoms with Crippen molar-refractivity contribution < 1.29 is 13.9 Å². The zero-order valence-electron chi connectivity index (χ0n) is 7.50. The molecule has 1 rings (SSSR count). The molecule has 0 aromatic heterocycles. The van der Waals surface area contributed by atoms with Crippen LogP contribution >= 0.6 is 15.9 Å². The number of hydrogen-bond donors (Lipinski definition) is 0. The summed E-state index contributed by atoms with van der Waals surface area (Å²) in [6.45, 7) is -0.864. The summed E-state index contributed by atoms with van der Waals surface area (Å²) in [5.41, 5.74) is 0.837. The molecule has 0 amide bonds. The molecule has 0 saturated heterocycles. The van der Waals surface area contributed by atoms with Gasteiger partial charge in [-0.2, -0.15) is 0 Å². The van der Waals surface area contributed by atoms with E-state index >= 15 is 0 Å². The second-order valence-electron chi connectivity index (χ2n) is 2.69. The second-order valence-corrected chi connectivity index (χ2v) is 3.54. The fraction of sp³-hybridized carbons (Fsp3) is 0.300. The maximum atomic E-state index is 12.0. The molecule has 0 spiro atoms. The molecule has 1 aromatic carbocycles. The molecule has 0 fully saturated rings. The number of hydrogen-bond acceptors (Lipinski definition) is 2. The molecule has 2 nitrogen and oxygen atoms in total. The predicted molar refractivity (Wildman–Crippen MR) is 55.1 cm³/mol. The van der Waals surface area contributed by atoms with Crippen LogP contribution < -0.4 is 4.74 Å². The first-order valence-electron chi connectivity index (χ1n) is 4.19. The molecule has 0 bridgehead atoms. The van der Waals surface area contributed by atoms with Crippen molar-refractivity contribution in [1.82, 2.24) is 0 Å². The highest BCUT2D eigenvalue weighted by Crippen LogP contribution is 2.29. The number of carbonyl (C=O) groups is 1. The van der Waals surface area contributed by atoms with Crippen LogP contribution in [-0.2, 0) is 11.2 Å². The minimum Gasteiger partial charge on any atom is -0.461 e. The summed E-state index contributed by atoms with van der Waals surface area (Å²) in [6.07, 6.45) is 1.82. The van der Waals surface area contributed by atoms with Crippen molar-refractivity contribution in [2.75, 3.05) is 6.86 Å². The fourth-order valence-electron chi connectivity index (χ4n) is 1.18. The maximum absolute atomic E-state index is 12.0. The summed E-state index contributed by atoms with van der Waals surface area (Å²) in [5, 5.41) is 0. The van der Waals surface area contributed by atoms with Gasteiger partial charge in [-0.3, -0.25) is 0 Å². The van der Waals surface area contributed by atoms with Crippen LogP contribution in [0.25, 0.3) is 0 Å². The molecule has 0 aliphatic heterocycles. The van der Waals surface area contributed by atoms with E-state index in [0.29, 0.717) is 23.1 Å². The Morgan fingerprint density at radius 3 is 2.93 bits per heavy atom. The molecular weight excluding hydrogens is 251 g/mol. The van der Waals surface area contributed by atoms with E-state index in [9.17, 15) is 9.18 Å². The van der Waals surface area contributed by atoms with Crippen LogP contribution in [-0.4, -0.2) is 13.1 Å². The molecule has 0 aliphatic carbocycles. The van der Waals surface area contributed by atoms with Crippen molar-refractivity contribution in [3.63, 3.8) is 0 Å². The van der Waals surface area contributed by atoms with Gasteiger partial charge in [0.2, 0.25) is 6.86 Å². The molecule has 0 saturated carbocycles. The van der Waals surface area contributed by atoms with Gasteiger partial charge in [0.05, 0.1) is 4.47 Å². The molecule has 0 N–H and O–H groups in total. The minimum atomic E-state index is -0.864. The lowest BCUT2D eigenvalue weighted by Gasteiger charge is -2.09. The zero-order chi connectivity index (χ0) is 10.4. The van der Waals surface area contributed by atoms with Gasteiger partial charge in [-0.25, -0.2) is 4.39 Å². The van der Waals surface area contributed by atoms with Gasteiger partial charge in [0.1, 0.15) is 12.0 Å². The van der Waals surface area contributed by atoms with Gasteiger partial charge in [-0.1, -0.05) is 12.1 Å². The third-order valence-electron chi connectivity index (χ3n) is 1.78. The fourth-order valence-corrected chi connectivity index (χ4v) is 1.70. The Kier molecular flexibility index (Phi) is 4.59. The number of halogens is 2. The smallest absolute Gasteiger partial charge is 0.228 e. The number of rotatable bonds is 5. The highest BCUT2D eigenvalue weighted by molar-refractivity contribution is 9.10. The lowest BCUT2D eigenvalue weighted by Crippen LogP contribution is -1.97. The summed E-state index contributed by atoms with van der Waals surface area (Å²) >= 11 is 3.26. The standard InChI is InChI=1S/C10H10BrFO2/c11-9-5-1-3-8(4-2-6-13)10(9)14-7-12/h1,3,5-6H,2,4,7H2. The lowest BCUT2D eigenvalue weighted by molar-refractivity contribution is -0.107. The van der Waals surface area contributed by atoms with E-state index in [1.807, 2.05) is 12.1 Å². The molecule has 0 heterocycles. The Labute approximate surface area is 90.2 Å². The van der Waals surface area contributed by atoms with Crippen LogP contribution in [0.2, 0.25) is 0 Å². The maximum Gasteiger partial charge on any atom is 0.228 e. The number of ether oxygens (including phenoxy) is 1. The van der Waals surface area contributed by atoms with Crippen molar-refractivity contribution >= 4 is 22.2 Å². The molecule has 0 aliphatic rings. The molecule has 76 valence electrons. The molecule has 0 radical (unpaired) electrons. The summed E-state index contributed by atoms with van der Waals surface area (Å²) in [5.74, 6) is 0.483. The first kappa shape index (κ1) is 11.2. The Morgan fingerprint density at radius 1 is 1.50 bits per heavy atom. The van der Waals surface area contributed by atoms with Crippen molar-refractivity contribution in [2.24, 2.45) is 0 Å². The second kappa shape index (κ2) is 5.75. The molecule has 1 aromatic rings. The van der Waals surface area contributed by atoms with Crippen LogP contribution in [0.4, 0.5) is 4.39 Å². The van der Waals surface area contributed by atoms with Crippen molar-refractivity contribution in [3.8, 4) is 5.75 Å². The Morgan fingerprint density at radius 2 is 2.29 bits per heavy atom. The topological polar surface area (TPSA) is 26.3 Å². The van der Waals surface area contributed by atoms with E-state index in [-0.39, 0.29) is 0 Å². The van der Waals surface area contributed by atoms with Crippen LogP contribution in [0.3, 0.4) is 0 Å². The average Bonchev–Trinajstić information content (AvgIpc) is 2.19. The first-order valence-corrected chi connectivity index (χ1v) is 4.98. The minimum absolute atomic E-state index is 0.416. The lowest BCUT2D eigenvalue weighted by atomic mass is 10.1. The van der Waals surface area contributed by atoms with Gasteiger partial charge < -0.3 is 9.53 Å². The zero-order valence-corrected chi connectivity index (χ0v) is 9.09. The highest BCUT2D eigenvalue weighted by Gasteiger charge is 2.07. The number of aryl methyl sites for hydroxylation is 1. The summed E-state index contributed by atoms with van der Waals surface area (Å²) < 4.78 is 17.6. The van der Waals surface area contributed by atoms with Crippen LogP contribution in [0, 0.1) is 0 Å². The molecule has 4 heteroatoms. The molecular formula is C10H10BrFO2. The van der Waals surface area contributed by atoms with Gasteiger partial charge >= 0.3 is 0 Å². The first-order chi connectivity index (χ1) is 6.79. The van der Waals surface area contributed by atoms with Crippen LogP contribution in [0.1, 0.15) is 12.0 Å². The highest BCUT2D eigenvalue weighted by atomic mass is 79.9. The van der Waals surface area contributed by atoms with Gasteiger partial charge in [-0.15, -0.1) is 0 Å². The quantitative estimate of drug-likeness (QED) is 0.762. The number of alkyl halides is 1. The summed E-state index contributed by atoms with van der Waals surface area (Å²) in [6, 6.07) is 5.42. The van der Waals surface area contributed by atoms with E-state index in [1.54, 1.807) is 6.07 Å². The Balaban J connectivity index is 2.89. The molecule has 14 heavy (non-hydrogen) atoms. The number of aldehydes is 1. The van der Waals surface area contributed by atoms with Gasteiger partial charge in [0.25, 0.3) is 0 Å². The Bertz CT molecular complexity index is 315. The van der Waals surface area contributed by atoms with E-state index in [4.69, 9.17) is 4.74 Å². The Hall–Kier alpha value is -0.900. The third kappa shape index (κ3) is 2.80. The van der Waals surface area contributed by atoms with Crippen molar-refractivity contribution in [3.05, 3.63) is 28.2 Å². The molecule has 0 atom stereocenters. The van der Waals surface area contributed by atoms with E-state index in [0.717, 1.165) is 11.8 Å². The van der Waals surface area contributed by atoms with E-state index < -0.39 is 6.86 Å². The van der Waals surface area contributed by atoms with Crippen LogP contribution in [0.5, 0.6) is 5.75 Å². The van der Waals surface area contributed by atoms with E-state index in [2.05, 4.69) is 15.9 Å². The van der Waals surface area contributed by atoms with Gasteiger partial charge in [0, 0.05) is 6.42 Å². The number of benzene rings is 1. The van der Waals surface area contributed by atoms with Crippen LogP contribution in [0.15, 0.2) is 22.7 Å². The van der Waals surface area contributed by atoms with Crippen molar-refractivity contribution in [1.29, 1.82) is 0 Å². The largest absolute Gasteiger partial charge is 0.461 e.